The number of alkyl halides is 3. The molecule has 2 aromatic carbocycles. The van der Waals surface area contributed by atoms with Gasteiger partial charge in [0.15, 0.2) is 0 Å². The van der Waals surface area contributed by atoms with E-state index < -0.39 is 29.1 Å². The van der Waals surface area contributed by atoms with E-state index in [-0.39, 0.29) is 42.4 Å². The van der Waals surface area contributed by atoms with Crippen molar-refractivity contribution in [2.45, 2.75) is 31.6 Å². The van der Waals surface area contributed by atoms with Gasteiger partial charge in [0, 0.05) is 39.1 Å². The molecular weight excluding hydrogens is 505 g/mol. The molecule has 0 spiro atoms. The summed E-state index contributed by atoms with van der Waals surface area (Å²) in [5, 5.41) is 5.48. The molecule has 0 saturated heterocycles. The van der Waals surface area contributed by atoms with Crippen molar-refractivity contribution in [2.24, 2.45) is 0 Å². The molecule has 0 bridgehead atoms. The van der Waals surface area contributed by atoms with Gasteiger partial charge >= 0.3 is 6.18 Å². The number of methoxy groups -OCH3 is 2. The molecule has 2 amide bonds. The molecule has 1 heterocycles. The molecule has 0 radical (unpaired) electrons. The van der Waals surface area contributed by atoms with E-state index >= 15 is 0 Å². The molecule has 2 N–H and O–H groups in total. The maximum atomic E-state index is 13.4. The van der Waals surface area contributed by atoms with Crippen LogP contribution in [-0.2, 0) is 22.3 Å². The Morgan fingerprint density at radius 1 is 0.974 bits per heavy atom. The van der Waals surface area contributed by atoms with Gasteiger partial charge < -0.3 is 24.8 Å². The Hall–Kier alpha value is -4.19. The third-order valence-corrected chi connectivity index (χ3v) is 5.62. The molecule has 0 aliphatic heterocycles. The lowest BCUT2D eigenvalue weighted by molar-refractivity contribution is -0.138. The van der Waals surface area contributed by atoms with Crippen LogP contribution in [0.3, 0.4) is 0 Å². The van der Waals surface area contributed by atoms with E-state index in [2.05, 4.69) is 20.6 Å². The maximum Gasteiger partial charge on any atom is 0.420 e. The van der Waals surface area contributed by atoms with Gasteiger partial charge in [-0.05, 0) is 42.8 Å². The highest BCUT2D eigenvalue weighted by molar-refractivity contribution is 5.98. The molecule has 38 heavy (non-hydrogen) atoms. The van der Waals surface area contributed by atoms with Crippen LogP contribution in [0.4, 0.5) is 13.2 Å². The molecule has 0 aliphatic rings. The number of benzene rings is 2. The first-order valence-electron chi connectivity index (χ1n) is 11.4. The number of amides is 2. The lowest BCUT2D eigenvalue weighted by Gasteiger charge is -2.29. The molecule has 202 valence electrons. The van der Waals surface area contributed by atoms with E-state index in [9.17, 15) is 22.8 Å². The van der Waals surface area contributed by atoms with Gasteiger partial charge in [-0.15, -0.1) is 0 Å². The SMILES string of the molecule is COCCC(C)(NC(=O)c1cncnc1)C(=O)NCc1ccc(Oc2ccc(OC)cc2C(F)(F)F)cc1. The number of carbonyl (C=O) groups is 2. The van der Waals surface area contributed by atoms with Gasteiger partial charge in [0.2, 0.25) is 5.91 Å². The second-order valence-electron chi connectivity index (χ2n) is 8.44. The third kappa shape index (κ3) is 7.42. The van der Waals surface area contributed by atoms with Crippen molar-refractivity contribution in [2.75, 3.05) is 20.8 Å². The third-order valence-electron chi connectivity index (χ3n) is 5.62. The Bertz CT molecular complexity index is 1240. The van der Waals surface area contributed by atoms with Gasteiger partial charge in [-0.25, -0.2) is 9.97 Å². The fourth-order valence-corrected chi connectivity index (χ4v) is 3.40. The summed E-state index contributed by atoms with van der Waals surface area (Å²) < 4.78 is 55.8. The highest BCUT2D eigenvalue weighted by atomic mass is 19.4. The second kappa shape index (κ2) is 12.4. The zero-order valence-corrected chi connectivity index (χ0v) is 21.0. The van der Waals surface area contributed by atoms with E-state index in [0.717, 1.165) is 6.07 Å². The van der Waals surface area contributed by atoms with E-state index in [0.29, 0.717) is 5.56 Å². The minimum absolute atomic E-state index is 0.0570. The number of nitrogens with one attached hydrogen (secondary N) is 2. The minimum Gasteiger partial charge on any atom is -0.497 e. The van der Waals surface area contributed by atoms with Gasteiger partial charge in [-0.3, -0.25) is 9.59 Å². The van der Waals surface area contributed by atoms with E-state index in [4.69, 9.17) is 14.2 Å². The standard InChI is InChI=1S/C26H27F3N4O5/c1-25(10-11-36-2,33-23(34)18-14-30-16-31-15-18)24(35)32-13-17-4-6-19(7-5-17)38-22-9-8-20(37-3)12-21(22)26(27,28)29/h4-9,12,14-16H,10-11,13H2,1-3H3,(H,32,35)(H,33,34). The smallest absolute Gasteiger partial charge is 0.420 e. The zero-order chi connectivity index (χ0) is 27.8. The predicted molar refractivity (Wildman–Crippen MR) is 131 cm³/mol. The highest BCUT2D eigenvalue weighted by Gasteiger charge is 2.36. The Balaban J connectivity index is 1.67. The van der Waals surface area contributed by atoms with Crippen molar-refractivity contribution < 1.29 is 37.0 Å². The van der Waals surface area contributed by atoms with E-state index in [1.54, 1.807) is 19.1 Å². The molecule has 0 saturated carbocycles. The number of ether oxygens (including phenoxy) is 3. The van der Waals surface area contributed by atoms with Crippen LogP contribution in [0.25, 0.3) is 0 Å². The van der Waals surface area contributed by atoms with Crippen LogP contribution in [0, 0.1) is 0 Å². The molecular formula is C26H27F3N4O5. The molecule has 12 heteroatoms. The largest absolute Gasteiger partial charge is 0.497 e. The van der Waals surface area contributed by atoms with Crippen molar-refractivity contribution in [3.8, 4) is 17.2 Å². The summed E-state index contributed by atoms with van der Waals surface area (Å²) in [7, 11) is 2.76. The number of aromatic nitrogens is 2. The molecule has 3 aromatic rings. The van der Waals surface area contributed by atoms with Gasteiger partial charge in [0.1, 0.15) is 34.7 Å². The van der Waals surface area contributed by atoms with E-state index in [1.807, 2.05) is 0 Å². The summed E-state index contributed by atoms with van der Waals surface area (Å²) >= 11 is 0. The van der Waals surface area contributed by atoms with Crippen molar-refractivity contribution in [1.29, 1.82) is 0 Å². The normalized spacial score (nSPS) is 12.8. The van der Waals surface area contributed by atoms with Gasteiger partial charge in [0.05, 0.1) is 12.7 Å². The van der Waals surface area contributed by atoms with Crippen LogP contribution >= 0.6 is 0 Å². The predicted octanol–water partition coefficient (Wildman–Crippen LogP) is 4.14. The maximum absolute atomic E-state index is 13.4. The van der Waals surface area contributed by atoms with Crippen molar-refractivity contribution in [3.63, 3.8) is 0 Å². The quantitative estimate of drug-likeness (QED) is 0.382. The van der Waals surface area contributed by atoms with Crippen LogP contribution in [-0.4, -0.2) is 48.1 Å². The Labute approximate surface area is 217 Å². The van der Waals surface area contributed by atoms with Crippen LogP contribution < -0.4 is 20.1 Å². The highest BCUT2D eigenvalue weighted by Crippen LogP contribution is 2.40. The Morgan fingerprint density at radius 3 is 2.24 bits per heavy atom. The molecule has 0 fully saturated rings. The first-order valence-corrected chi connectivity index (χ1v) is 11.4. The zero-order valence-electron chi connectivity index (χ0n) is 21.0. The monoisotopic (exact) mass is 532 g/mol. The number of nitrogens with zero attached hydrogens (tertiary/aromatic N) is 2. The van der Waals surface area contributed by atoms with Crippen LogP contribution in [0.2, 0.25) is 0 Å². The molecule has 9 nitrogen and oxygen atoms in total. The summed E-state index contributed by atoms with van der Waals surface area (Å²) in [5.74, 6) is -1.10. The Morgan fingerprint density at radius 2 is 1.63 bits per heavy atom. The van der Waals surface area contributed by atoms with Crippen LogP contribution in [0.5, 0.6) is 17.2 Å². The molecule has 3 rings (SSSR count). The van der Waals surface area contributed by atoms with Crippen LogP contribution in [0.1, 0.15) is 34.8 Å². The van der Waals surface area contributed by atoms with E-state index in [1.165, 1.54) is 57.2 Å². The average Bonchev–Trinajstić information content (AvgIpc) is 2.91. The first-order chi connectivity index (χ1) is 18.1. The molecule has 0 aliphatic carbocycles. The molecule has 1 atom stereocenters. The van der Waals surface area contributed by atoms with Gasteiger partial charge in [-0.1, -0.05) is 12.1 Å². The second-order valence-corrected chi connectivity index (χ2v) is 8.44. The Kier molecular flexibility index (Phi) is 9.24. The number of carbonyl (C=O) groups excluding carboxylic acids is 2. The van der Waals surface area contributed by atoms with Crippen molar-refractivity contribution >= 4 is 11.8 Å². The topological polar surface area (TPSA) is 112 Å². The average molecular weight is 533 g/mol. The summed E-state index contributed by atoms with van der Waals surface area (Å²) in [6.07, 6.45) is -0.470. The van der Waals surface area contributed by atoms with Gasteiger partial charge in [0.25, 0.3) is 5.91 Å². The lowest BCUT2D eigenvalue weighted by Crippen LogP contribution is -2.57. The van der Waals surface area contributed by atoms with Crippen molar-refractivity contribution in [3.05, 3.63) is 77.9 Å². The molecule has 1 unspecified atom stereocenters. The molecule has 1 aromatic heterocycles. The number of hydrogen-bond acceptors (Lipinski definition) is 7. The fourth-order valence-electron chi connectivity index (χ4n) is 3.40. The summed E-state index contributed by atoms with van der Waals surface area (Å²) in [5.41, 5.74) is -1.40. The number of rotatable bonds is 11. The minimum atomic E-state index is -4.63. The lowest BCUT2D eigenvalue weighted by atomic mass is 9.96. The van der Waals surface area contributed by atoms with Crippen molar-refractivity contribution in [1.82, 2.24) is 20.6 Å². The number of hydrogen-bond donors (Lipinski definition) is 2. The summed E-state index contributed by atoms with van der Waals surface area (Å²) in [4.78, 5) is 33.3. The fraction of sp³-hybridized carbons (Fsp3) is 0.308. The summed E-state index contributed by atoms with van der Waals surface area (Å²) in [6, 6.07) is 9.63. The summed E-state index contributed by atoms with van der Waals surface area (Å²) in [6.45, 7) is 1.89. The van der Waals surface area contributed by atoms with Crippen LogP contribution in [0.15, 0.2) is 61.2 Å². The first kappa shape index (κ1) is 28.4. The number of halogens is 3. The van der Waals surface area contributed by atoms with Gasteiger partial charge in [-0.2, -0.15) is 13.2 Å².